The van der Waals surface area contributed by atoms with Gasteiger partial charge < -0.3 is 14.6 Å². The molecule has 0 radical (unpaired) electrons. The van der Waals surface area contributed by atoms with Gasteiger partial charge in [0.15, 0.2) is 5.75 Å². The third-order valence-corrected chi connectivity index (χ3v) is 3.46. The van der Waals surface area contributed by atoms with Crippen molar-refractivity contribution < 1.29 is 27.8 Å². The molecule has 1 aromatic carbocycles. The number of carbonyl (C=O) groups excluding carboxylic acids is 1. The molecule has 0 atom stereocenters. The maximum Gasteiger partial charge on any atom is 0.322 e. The van der Waals surface area contributed by atoms with Crippen LogP contribution < -0.4 is 9.46 Å². The third-order valence-electron chi connectivity index (χ3n) is 2.31. The molecule has 0 aliphatic heterocycles. The monoisotopic (exact) mass is 313 g/mol. The molecule has 8 heteroatoms. The number of aliphatic hydroxyl groups excluding tert-OH is 1. The van der Waals surface area contributed by atoms with E-state index in [1.165, 1.54) is 19.2 Å². The third kappa shape index (κ3) is 5.33. The van der Waals surface area contributed by atoms with Crippen LogP contribution in [0.25, 0.3) is 0 Å². The fraction of sp³-hybridized carbons (Fsp3) is 0.308. The van der Waals surface area contributed by atoms with Crippen LogP contribution in [0.2, 0.25) is 0 Å². The number of rotatable bonds is 5. The molecule has 1 aromatic rings. The van der Waals surface area contributed by atoms with E-state index in [1.807, 2.05) is 0 Å². The van der Waals surface area contributed by atoms with Crippen LogP contribution in [0.5, 0.6) is 5.75 Å². The molecule has 114 valence electrons. The van der Waals surface area contributed by atoms with E-state index in [-0.39, 0.29) is 18.0 Å². The van der Waals surface area contributed by atoms with E-state index in [0.29, 0.717) is 5.56 Å². The summed E-state index contributed by atoms with van der Waals surface area (Å²) in [5.41, 5.74) is 0.631. The maximum absolute atomic E-state index is 11.8. The van der Waals surface area contributed by atoms with Crippen molar-refractivity contribution in [1.29, 1.82) is 0 Å². The highest BCUT2D eigenvalue weighted by molar-refractivity contribution is 7.93. The summed E-state index contributed by atoms with van der Waals surface area (Å²) < 4.78 is 35.2. The Hall–Kier alpha value is -2.24. The molecule has 0 fully saturated rings. The zero-order chi connectivity index (χ0) is 15.9. The number of anilines is 1. The van der Waals surface area contributed by atoms with Crippen LogP contribution >= 0.6 is 0 Å². The Morgan fingerprint density at radius 2 is 2.10 bits per heavy atom. The summed E-state index contributed by atoms with van der Waals surface area (Å²) in [6.07, 6.45) is 0. The van der Waals surface area contributed by atoms with Gasteiger partial charge in [-0.1, -0.05) is 11.8 Å². The van der Waals surface area contributed by atoms with Crippen molar-refractivity contribution in [3.05, 3.63) is 23.8 Å². The first kappa shape index (κ1) is 16.8. The van der Waals surface area contributed by atoms with Crippen LogP contribution in [0.1, 0.15) is 5.56 Å². The number of nitrogens with one attached hydrogen (secondary N) is 1. The van der Waals surface area contributed by atoms with Crippen molar-refractivity contribution >= 4 is 21.7 Å². The van der Waals surface area contributed by atoms with E-state index in [4.69, 9.17) is 9.84 Å². The number of methoxy groups -OCH3 is 2. The molecule has 0 aliphatic carbocycles. The lowest BCUT2D eigenvalue weighted by molar-refractivity contribution is -0.137. The van der Waals surface area contributed by atoms with Gasteiger partial charge in [0.25, 0.3) is 0 Å². The normalized spacial score (nSPS) is 10.2. The van der Waals surface area contributed by atoms with Crippen LogP contribution in [0.15, 0.2) is 18.2 Å². The molecule has 7 nitrogen and oxygen atoms in total. The molecule has 0 heterocycles. The summed E-state index contributed by atoms with van der Waals surface area (Å²) in [6, 6.07) is 4.58. The predicted molar refractivity (Wildman–Crippen MR) is 76.4 cm³/mol. The fourth-order valence-electron chi connectivity index (χ4n) is 1.42. The molecule has 0 amide bonds. The molecule has 2 N–H and O–H groups in total. The number of carbonyl (C=O) groups is 1. The Balaban J connectivity index is 3.07. The van der Waals surface area contributed by atoms with Crippen molar-refractivity contribution in [3.8, 4) is 17.6 Å². The summed E-state index contributed by atoms with van der Waals surface area (Å²) in [5.74, 6) is 3.68. The molecule has 21 heavy (non-hydrogen) atoms. The van der Waals surface area contributed by atoms with Gasteiger partial charge in [-0.15, -0.1) is 0 Å². The van der Waals surface area contributed by atoms with E-state index in [1.54, 1.807) is 6.07 Å². The lowest BCUT2D eigenvalue weighted by atomic mass is 10.2. The van der Waals surface area contributed by atoms with Gasteiger partial charge in [-0.05, 0) is 18.2 Å². The predicted octanol–water partition coefficient (Wildman–Crippen LogP) is -0.0463. The van der Waals surface area contributed by atoms with Gasteiger partial charge in [-0.25, -0.2) is 8.42 Å². The number of aliphatic hydroxyl groups is 1. The van der Waals surface area contributed by atoms with E-state index in [9.17, 15) is 13.2 Å². The first-order valence-electron chi connectivity index (χ1n) is 5.77. The number of sulfonamides is 1. The first-order valence-corrected chi connectivity index (χ1v) is 7.42. The van der Waals surface area contributed by atoms with E-state index < -0.39 is 21.7 Å². The average molecular weight is 313 g/mol. The van der Waals surface area contributed by atoms with E-state index in [0.717, 1.165) is 7.11 Å². The smallest absolute Gasteiger partial charge is 0.322 e. The number of hydrogen-bond donors (Lipinski definition) is 2. The number of ether oxygens (including phenoxy) is 2. The molecule has 0 saturated heterocycles. The molecule has 0 aliphatic rings. The summed E-state index contributed by atoms with van der Waals surface area (Å²) in [6.45, 7) is -0.310. The van der Waals surface area contributed by atoms with Gasteiger partial charge in [0.05, 0.1) is 19.9 Å². The van der Waals surface area contributed by atoms with E-state index in [2.05, 4.69) is 21.3 Å². The Morgan fingerprint density at radius 3 is 2.67 bits per heavy atom. The standard InChI is InChI=1S/C13H15NO6S/c1-19-12-6-5-10(4-3-7-15)8-11(12)14-21(17,18)9-13(16)20-2/h5-6,8,14-15H,7,9H2,1-2H3. The molecule has 0 spiro atoms. The summed E-state index contributed by atoms with van der Waals surface area (Å²) >= 11 is 0. The highest BCUT2D eigenvalue weighted by Gasteiger charge is 2.18. The Bertz CT molecular complexity index is 672. The van der Waals surface area contributed by atoms with Crippen LogP contribution in [0, 0.1) is 11.8 Å². The second-order valence-electron chi connectivity index (χ2n) is 3.81. The SMILES string of the molecule is COC(=O)CS(=O)(=O)Nc1cc(C#CCO)ccc1OC. The lowest BCUT2D eigenvalue weighted by Gasteiger charge is -2.11. The van der Waals surface area contributed by atoms with Gasteiger partial charge in [0.2, 0.25) is 10.0 Å². The van der Waals surface area contributed by atoms with E-state index >= 15 is 0 Å². The highest BCUT2D eigenvalue weighted by atomic mass is 32.2. The largest absolute Gasteiger partial charge is 0.495 e. The average Bonchev–Trinajstić information content (AvgIpc) is 2.44. The number of esters is 1. The van der Waals surface area contributed by atoms with Gasteiger partial charge >= 0.3 is 5.97 Å². The topological polar surface area (TPSA) is 102 Å². The molecular weight excluding hydrogens is 298 g/mol. The second-order valence-corrected chi connectivity index (χ2v) is 5.53. The Labute approximate surface area is 122 Å². The Kier molecular flexibility index (Phi) is 6.02. The second kappa shape index (κ2) is 7.52. The lowest BCUT2D eigenvalue weighted by Crippen LogP contribution is -2.23. The van der Waals surface area contributed by atoms with Crippen LogP contribution in [-0.2, 0) is 19.6 Å². The van der Waals surface area contributed by atoms with Gasteiger partial charge in [-0.2, -0.15) is 0 Å². The van der Waals surface area contributed by atoms with Crippen molar-refractivity contribution in [3.63, 3.8) is 0 Å². The van der Waals surface area contributed by atoms with Gasteiger partial charge in [-0.3, -0.25) is 9.52 Å². The van der Waals surface area contributed by atoms with Crippen molar-refractivity contribution in [2.75, 3.05) is 31.3 Å². The van der Waals surface area contributed by atoms with Crippen LogP contribution in [-0.4, -0.2) is 46.1 Å². The van der Waals surface area contributed by atoms with Gasteiger partial charge in [0.1, 0.15) is 12.4 Å². The van der Waals surface area contributed by atoms with Crippen molar-refractivity contribution in [1.82, 2.24) is 0 Å². The number of hydrogen-bond acceptors (Lipinski definition) is 6. The zero-order valence-corrected chi connectivity index (χ0v) is 12.4. The molecule has 0 bridgehead atoms. The minimum Gasteiger partial charge on any atom is -0.495 e. The minimum atomic E-state index is -3.92. The summed E-state index contributed by atoms with van der Waals surface area (Å²) in [7, 11) is -1.44. The summed E-state index contributed by atoms with van der Waals surface area (Å²) in [4.78, 5) is 11.1. The van der Waals surface area contributed by atoms with Crippen molar-refractivity contribution in [2.24, 2.45) is 0 Å². The van der Waals surface area contributed by atoms with Gasteiger partial charge in [0, 0.05) is 5.56 Å². The summed E-state index contributed by atoms with van der Waals surface area (Å²) in [5, 5.41) is 8.65. The zero-order valence-electron chi connectivity index (χ0n) is 11.5. The molecular formula is C13H15NO6S. The minimum absolute atomic E-state index is 0.145. The number of benzene rings is 1. The molecule has 0 saturated carbocycles. The van der Waals surface area contributed by atoms with Crippen molar-refractivity contribution in [2.45, 2.75) is 0 Å². The van der Waals surface area contributed by atoms with Crippen LogP contribution in [0.4, 0.5) is 5.69 Å². The highest BCUT2D eigenvalue weighted by Crippen LogP contribution is 2.26. The Morgan fingerprint density at radius 1 is 1.38 bits per heavy atom. The fourth-order valence-corrected chi connectivity index (χ4v) is 2.42. The molecule has 1 rings (SSSR count). The molecule has 0 aromatic heterocycles. The first-order chi connectivity index (χ1) is 9.91. The quantitative estimate of drug-likeness (QED) is 0.584. The maximum atomic E-state index is 11.8. The van der Waals surface area contributed by atoms with Crippen LogP contribution in [0.3, 0.4) is 0 Å². The molecule has 0 unspecified atom stereocenters.